The highest BCUT2D eigenvalue weighted by Crippen LogP contribution is 2.30. The maximum atomic E-state index is 12.8. The molecule has 1 N–H and O–H groups in total. The van der Waals surface area contributed by atoms with Gasteiger partial charge in [0.25, 0.3) is 11.5 Å². The molecule has 0 bridgehead atoms. The quantitative estimate of drug-likeness (QED) is 0.528. The van der Waals surface area contributed by atoms with Gasteiger partial charge >= 0.3 is 0 Å². The van der Waals surface area contributed by atoms with E-state index in [0.29, 0.717) is 29.6 Å². The SMILES string of the molecule is CCNC(=O)c1c(C)n(COCC[Si](C)(C)C)c2c(=O)n(C)cc(Br)c12. The monoisotopic (exact) mass is 441 g/mol. The minimum absolute atomic E-state index is 0.143. The third-order valence-electron chi connectivity index (χ3n) is 4.37. The van der Waals surface area contributed by atoms with Gasteiger partial charge in [0.05, 0.1) is 5.56 Å². The fourth-order valence-corrected chi connectivity index (χ4v) is 4.32. The number of nitrogens with zero attached hydrogens (tertiary/aromatic N) is 2. The second-order valence-corrected chi connectivity index (χ2v) is 14.2. The molecule has 0 saturated carbocycles. The summed E-state index contributed by atoms with van der Waals surface area (Å²) in [5, 5.41) is 3.48. The third-order valence-corrected chi connectivity index (χ3v) is 6.68. The van der Waals surface area contributed by atoms with Crippen molar-refractivity contribution < 1.29 is 9.53 Å². The highest BCUT2D eigenvalue weighted by Gasteiger charge is 2.24. The van der Waals surface area contributed by atoms with Gasteiger partial charge in [0.1, 0.15) is 12.2 Å². The zero-order chi connectivity index (χ0) is 19.6. The second-order valence-electron chi connectivity index (χ2n) is 7.71. The van der Waals surface area contributed by atoms with Crippen LogP contribution >= 0.6 is 15.9 Å². The van der Waals surface area contributed by atoms with Crippen LogP contribution in [0.25, 0.3) is 10.9 Å². The minimum atomic E-state index is -1.19. The molecular formula is C18H28BrN3O3Si. The maximum Gasteiger partial charge on any atom is 0.274 e. The molecule has 0 aromatic carbocycles. The molecule has 6 nitrogen and oxygen atoms in total. The normalized spacial score (nSPS) is 12.0. The highest BCUT2D eigenvalue weighted by molar-refractivity contribution is 9.10. The van der Waals surface area contributed by atoms with Crippen molar-refractivity contribution >= 4 is 40.8 Å². The number of amides is 1. The molecule has 8 heteroatoms. The molecule has 144 valence electrons. The fourth-order valence-electron chi connectivity index (χ4n) is 2.87. The van der Waals surface area contributed by atoms with E-state index in [2.05, 4.69) is 40.9 Å². The number of ether oxygens (including phenoxy) is 1. The topological polar surface area (TPSA) is 65.3 Å². The van der Waals surface area contributed by atoms with Gasteiger partial charge in [-0.05, 0) is 35.8 Å². The molecule has 0 radical (unpaired) electrons. The number of aromatic nitrogens is 2. The number of hydrogen-bond acceptors (Lipinski definition) is 3. The van der Waals surface area contributed by atoms with Gasteiger partial charge in [0.2, 0.25) is 0 Å². The van der Waals surface area contributed by atoms with E-state index in [1.54, 1.807) is 13.2 Å². The number of carbonyl (C=O) groups excluding carboxylic acids is 1. The lowest BCUT2D eigenvalue weighted by Gasteiger charge is -2.16. The van der Waals surface area contributed by atoms with E-state index in [4.69, 9.17) is 4.74 Å². The Balaban J connectivity index is 2.53. The summed E-state index contributed by atoms with van der Waals surface area (Å²) in [7, 11) is 0.519. The molecule has 0 fully saturated rings. The summed E-state index contributed by atoms with van der Waals surface area (Å²) >= 11 is 3.52. The summed E-state index contributed by atoms with van der Waals surface area (Å²) in [5.74, 6) is -0.176. The van der Waals surface area contributed by atoms with Gasteiger partial charge in [-0.2, -0.15) is 0 Å². The molecule has 2 heterocycles. The summed E-state index contributed by atoms with van der Waals surface area (Å²) < 4.78 is 9.93. The van der Waals surface area contributed by atoms with Gasteiger partial charge in [0, 0.05) is 50.0 Å². The summed E-state index contributed by atoms with van der Waals surface area (Å²) in [6, 6.07) is 1.05. The molecule has 0 aliphatic carbocycles. The Kier molecular flexibility index (Phi) is 6.52. The number of aryl methyl sites for hydroxylation is 1. The lowest BCUT2D eigenvalue weighted by atomic mass is 10.1. The molecule has 0 atom stereocenters. The highest BCUT2D eigenvalue weighted by atomic mass is 79.9. The molecule has 2 aromatic rings. The molecule has 2 aromatic heterocycles. The first kappa shape index (κ1) is 20.9. The first-order valence-electron chi connectivity index (χ1n) is 8.82. The van der Waals surface area contributed by atoms with Crippen LogP contribution < -0.4 is 10.9 Å². The Bertz CT molecular complexity index is 881. The Labute approximate surface area is 163 Å². The van der Waals surface area contributed by atoms with Crippen LogP contribution in [0.4, 0.5) is 0 Å². The van der Waals surface area contributed by atoms with Crippen LogP contribution in [0.15, 0.2) is 15.5 Å². The van der Waals surface area contributed by atoms with E-state index in [-0.39, 0.29) is 18.2 Å². The Morgan fingerprint density at radius 2 is 2.00 bits per heavy atom. The van der Waals surface area contributed by atoms with Crippen molar-refractivity contribution in [2.75, 3.05) is 13.2 Å². The zero-order valence-corrected chi connectivity index (χ0v) is 19.0. The van der Waals surface area contributed by atoms with Gasteiger partial charge in [0.15, 0.2) is 0 Å². The molecule has 26 heavy (non-hydrogen) atoms. The second kappa shape index (κ2) is 8.10. The summed E-state index contributed by atoms with van der Waals surface area (Å²) in [6.07, 6.45) is 1.70. The van der Waals surface area contributed by atoms with Crippen molar-refractivity contribution in [3.05, 3.63) is 32.3 Å². The van der Waals surface area contributed by atoms with Crippen LogP contribution in [0.5, 0.6) is 0 Å². The molecule has 0 aliphatic rings. The van der Waals surface area contributed by atoms with Crippen LogP contribution in [-0.4, -0.2) is 36.3 Å². The number of nitrogens with one attached hydrogen (secondary N) is 1. The first-order chi connectivity index (χ1) is 12.1. The van der Waals surface area contributed by atoms with Crippen molar-refractivity contribution in [1.29, 1.82) is 0 Å². The van der Waals surface area contributed by atoms with Crippen molar-refractivity contribution in [1.82, 2.24) is 14.5 Å². The molecule has 0 aliphatic heterocycles. The largest absolute Gasteiger partial charge is 0.361 e. The fraction of sp³-hybridized carbons (Fsp3) is 0.556. The van der Waals surface area contributed by atoms with Gasteiger partial charge < -0.3 is 19.2 Å². The van der Waals surface area contributed by atoms with Crippen molar-refractivity contribution in [2.24, 2.45) is 7.05 Å². The average Bonchev–Trinajstić information content (AvgIpc) is 2.82. The molecular weight excluding hydrogens is 414 g/mol. The van der Waals surface area contributed by atoms with Crippen LogP contribution in [-0.2, 0) is 18.5 Å². The van der Waals surface area contributed by atoms with Crippen LogP contribution in [0.1, 0.15) is 23.0 Å². The predicted molar refractivity (Wildman–Crippen MR) is 112 cm³/mol. The minimum Gasteiger partial charge on any atom is -0.361 e. The summed E-state index contributed by atoms with van der Waals surface area (Å²) in [4.78, 5) is 25.4. The van der Waals surface area contributed by atoms with Crippen LogP contribution in [0, 0.1) is 6.92 Å². The number of halogens is 1. The number of fused-ring (bicyclic) bond motifs is 1. The maximum absolute atomic E-state index is 12.8. The van der Waals surface area contributed by atoms with Gasteiger partial charge in [-0.15, -0.1) is 0 Å². The third kappa shape index (κ3) is 4.29. The molecule has 2 rings (SSSR count). The number of carbonyl (C=O) groups is 1. The Hall–Kier alpha value is -1.38. The van der Waals surface area contributed by atoms with E-state index in [1.807, 2.05) is 18.4 Å². The van der Waals surface area contributed by atoms with Gasteiger partial charge in [-0.25, -0.2) is 0 Å². The Morgan fingerprint density at radius 3 is 2.58 bits per heavy atom. The Morgan fingerprint density at radius 1 is 1.35 bits per heavy atom. The number of hydrogen-bond donors (Lipinski definition) is 1. The number of rotatable bonds is 7. The van der Waals surface area contributed by atoms with Crippen molar-refractivity contribution in [3.63, 3.8) is 0 Å². The average molecular weight is 442 g/mol. The van der Waals surface area contributed by atoms with E-state index in [1.165, 1.54) is 4.57 Å². The van der Waals surface area contributed by atoms with E-state index in [0.717, 1.165) is 16.2 Å². The van der Waals surface area contributed by atoms with Gasteiger partial charge in [-0.1, -0.05) is 19.6 Å². The van der Waals surface area contributed by atoms with E-state index >= 15 is 0 Å². The number of pyridine rings is 1. The van der Waals surface area contributed by atoms with Gasteiger partial charge in [-0.3, -0.25) is 9.59 Å². The molecule has 0 unspecified atom stereocenters. The van der Waals surface area contributed by atoms with E-state index in [9.17, 15) is 9.59 Å². The molecule has 1 amide bonds. The standard InChI is InChI=1S/C18H28BrN3O3Si/c1-7-20-17(23)14-12(2)22(11-25-8-9-26(4,5)6)16-15(14)13(19)10-21(3)18(16)24/h10H,7-9,11H2,1-6H3,(H,20,23). The lowest BCUT2D eigenvalue weighted by Crippen LogP contribution is -2.24. The summed E-state index contributed by atoms with van der Waals surface area (Å²) in [5.41, 5.74) is 1.62. The van der Waals surface area contributed by atoms with Crippen molar-refractivity contribution in [2.45, 2.75) is 46.3 Å². The molecule has 0 saturated heterocycles. The lowest BCUT2D eigenvalue weighted by molar-refractivity contribution is 0.0881. The molecule has 0 spiro atoms. The van der Waals surface area contributed by atoms with E-state index < -0.39 is 8.07 Å². The summed E-state index contributed by atoms with van der Waals surface area (Å²) in [6.45, 7) is 12.1. The van der Waals surface area contributed by atoms with Crippen LogP contribution in [0.2, 0.25) is 25.7 Å². The van der Waals surface area contributed by atoms with Crippen LogP contribution in [0.3, 0.4) is 0 Å². The van der Waals surface area contributed by atoms with Crippen molar-refractivity contribution in [3.8, 4) is 0 Å². The predicted octanol–water partition coefficient (Wildman–Crippen LogP) is 3.47. The first-order valence-corrected chi connectivity index (χ1v) is 13.3. The smallest absolute Gasteiger partial charge is 0.274 e. The zero-order valence-electron chi connectivity index (χ0n) is 16.4.